The van der Waals surface area contributed by atoms with Crippen LogP contribution in [0.1, 0.15) is 24.5 Å². The summed E-state index contributed by atoms with van der Waals surface area (Å²) in [6, 6.07) is 15.2. The van der Waals surface area contributed by atoms with E-state index in [1.54, 1.807) is 11.3 Å². The number of morpholine rings is 1. The molecule has 1 N–H and O–H groups in total. The van der Waals surface area contributed by atoms with E-state index >= 15 is 0 Å². The molecule has 7 heteroatoms. The zero-order valence-corrected chi connectivity index (χ0v) is 17.7. The third kappa shape index (κ3) is 3.22. The lowest BCUT2D eigenvalue weighted by molar-refractivity contribution is 0.122. The van der Waals surface area contributed by atoms with E-state index in [1.165, 1.54) is 21.5 Å². The van der Waals surface area contributed by atoms with Gasteiger partial charge in [-0.25, -0.2) is 4.98 Å². The van der Waals surface area contributed by atoms with Crippen molar-refractivity contribution in [2.45, 2.75) is 18.8 Å². The van der Waals surface area contributed by atoms with Crippen LogP contribution in [0.5, 0.6) is 0 Å². The minimum absolute atomic E-state index is 0.546. The number of benzene rings is 2. The number of H-pyrrole nitrogens is 1. The average Bonchev–Trinajstić information content (AvgIpc) is 3.44. The second-order valence-electron chi connectivity index (χ2n) is 8.16. The van der Waals surface area contributed by atoms with Gasteiger partial charge in [-0.05, 0) is 37.1 Å². The Kier molecular flexibility index (Phi) is 4.57. The molecule has 0 bridgehead atoms. The molecule has 0 radical (unpaired) electrons. The fourth-order valence-corrected chi connectivity index (χ4v) is 5.70. The molecule has 0 saturated carbocycles. The first-order chi connectivity index (χ1) is 14.8. The van der Waals surface area contributed by atoms with Crippen LogP contribution in [-0.4, -0.2) is 54.6 Å². The molecular formula is C23H25N5OS. The highest BCUT2D eigenvalue weighted by Gasteiger charge is 2.24. The van der Waals surface area contributed by atoms with Gasteiger partial charge in [0.05, 0.1) is 28.9 Å². The highest BCUT2D eigenvalue weighted by atomic mass is 32.1. The number of nitrogens with one attached hydrogen (secondary N) is 1. The van der Waals surface area contributed by atoms with Crippen molar-refractivity contribution < 1.29 is 4.74 Å². The van der Waals surface area contributed by atoms with E-state index in [1.807, 2.05) is 0 Å². The topological polar surface area (TPSA) is 57.3 Å². The van der Waals surface area contributed by atoms with Crippen molar-refractivity contribution in [1.29, 1.82) is 0 Å². The highest BCUT2D eigenvalue weighted by molar-refractivity contribution is 7.22. The van der Waals surface area contributed by atoms with Crippen LogP contribution in [-0.2, 0) is 4.74 Å². The third-order valence-electron chi connectivity index (χ3n) is 6.40. The van der Waals surface area contributed by atoms with Gasteiger partial charge in [-0.3, -0.25) is 5.10 Å². The monoisotopic (exact) mass is 419 g/mol. The van der Waals surface area contributed by atoms with E-state index in [0.29, 0.717) is 5.92 Å². The van der Waals surface area contributed by atoms with Gasteiger partial charge in [0.1, 0.15) is 0 Å². The lowest BCUT2D eigenvalue weighted by Crippen LogP contribution is -2.36. The Morgan fingerprint density at radius 1 is 0.933 bits per heavy atom. The van der Waals surface area contributed by atoms with Gasteiger partial charge in [0.2, 0.25) is 0 Å². The molecule has 2 aliphatic rings. The molecule has 0 atom stereocenters. The molecule has 2 aromatic carbocycles. The number of anilines is 2. The summed E-state index contributed by atoms with van der Waals surface area (Å²) in [6.45, 7) is 5.57. The first-order valence-corrected chi connectivity index (χ1v) is 11.6. The van der Waals surface area contributed by atoms with Crippen LogP contribution >= 0.6 is 11.3 Å². The molecule has 0 aliphatic carbocycles. The predicted octanol–water partition coefficient (Wildman–Crippen LogP) is 4.39. The maximum atomic E-state index is 5.48. The molecule has 30 heavy (non-hydrogen) atoms. The number of fused-ring (bicyclic) bond motifs is 2. The summed E-state index contributed by atoms with van der Waals surface area (Å²) in [6.07, 6.45) is 2.28. The largest absolute Gasteiger partial charge is 0.378 e. The summed E-state index contributed by atoms with van der Waals surface area (Å²) in [4.78, 5) is 9.77. The average molecular weight is 420 g/mol. The minimum atomic E-state index is 0.546. The molecule has 4 heterocycles. The summed E-state index contributed by atoms with van der Waals surface area (Å²) >= 11 is 1.79. The van der Waals surface area contributed by atoms with Gasteiger partial charge < -0.3 is 14.5 Å². The molecule has 0 unspecified atom stereocenters. The van der Waals surface area contributed by atoms with E-state index in [0.717, 1.165) is 68.4 Å². The molecule has 6 nitrogen and oxygen atoms in total. The number of aromatic amines is 1. The molecule has 4 aromatic rings. The Labute approximate surface area is 179 Å². The normalized spacial score (nSPS) is 18.5. The number of rotatable bonds is 3. The van der Waals surface area contributed by atoms with Gasteiger partial charge in [0, 0.05) is 48.9 Å². The Balaban J connectivity index is 1.19. The van der Waals surface area contributed by atoms with Crippen molar-refractivity contribution in [3.63, 3.8) is 0 Å². The Morgan fingerprint density at radius 2 is 1.77 bits per heavy atom. The number of ether oxygens (including phenoxy) is 1. The SMILES string of the molecule is c1ccc2c(C3CCN(c4ccc5sc(N6CCOCC6)nc5c4)CC3)[nH]nc2c1. The van der Waals surface area contributed by atoms with E-state index < -0.39 is 0 Å². The van der Waals surface area contributed by atoms with Crippen molar-refractivity contribution in [2.24, 2.45) is 0 Å². The molecule has 154 valence electrons. The maximum Gasteiger partial charge on any atom is 0.186 e. The number of piperidine rings is 1. The molecule has 6 rings (SSSR count). The molecule has 2 saturated heterocycles. The molecule has 2 aliphatic heterocycles. The summed E-state index contributed by atoms with van der Waals surface area (Å²) in [5.41, 5.74) is 4.77. The van der Waals surface area contributed by atoms with Crippen molar-refractivity contribution >= 4 is 43.3 Å². The van der Waals surface area contributed by atoms with E-state index in [4.69, 9.17) is 9.72 Å². The maximum absolute atomic E-state index is 5.48. The molecule has 2 fully saturated rings. The van der Waals surface area contributed by atoms with Crippen LogP contribution in [0, 0.1) is 0 Å². The standard InChI is InChI=1S/C23H25N5OS/c1-2-4-19-18(3-1)22(26-25-19)16-7-9-27(10-8-16)17-5-6-21-20(15-17)24-23(30-21)28-11-13-29-14-12-28/h1-6,15-16H,7-14H2,(H,25,26). The van der Waals surface area contributed by atoms with Gasteiger partial charge in [0.15, 0.2) is 5.13 Å². The number of nitrogens with zero attached hydrogens (tertiary/aromatic N) is 4. The van der Waals surface area contributed by atoms with Crippen LogP contribution < -0.4 is 9.80 Å². The van der Waals surface area contributed by atoms with Crippen LogP contribution in [0.15, 0.2) is 42.5 Å². The van der Waals surface area contributed by atoms with Crippen molar-refractivity contribution in [2.75, 3.05) is 49.2 Å². The second kappa shape index (κ2) is 7.56. The van der Waals surface area contributed by atoms with Crippen molar-refractivity contribution in [3.05, 3.63) is 48.2 Å². The fraction of sp³-hybridized carbons (Fsp3) is 0.391. The summed E-state index contributed by atoms with van der Waals surface area (Å²) in [5, 5.41) is 10.2. The summed E-state index contributed by atoms with van der Waals surface area (Å²) < 4.78 is 6.74. The van der Waals surface area contributed by atoms with Gasteiger partial charge >= 0.3 is 0 Å². The predicted molar refractivity (Wildman–Crippen MR) is 123 cm³/mol. The van der Waals surface area contributed by atoms with Crippen LogP contribution in [0.2, 0.25) is 0 Å². The van der Waals surface area contributed by atoms with Crippen LogP contribution in [0.3, 0.4) is 0 Å². The van der Waals surface area contributed by atoms with Gasteiger partial charge in [-0.2, -0.15) is 5.10 Å². The van der Waals surface area contributed by atoms with E-state index in [-0.39, 0.29) is 0 Å². The van der Waals surface area contributed by atoms with Crippen molar-refractivity contribution in [1.82, 2.24) is 15.2 Å². The summed E-state index contributed by atoms with van der Waals surface area (Å²) in [5.74, 6) is 0.546. The molecular weight excluding hydrogens is 394 g/mol. The first-order valence-electron chi connectivity index (χ1n) is 10.8. The molecule has 0 amide bonds. The Morgan fingerprint density at radius 3 is 2.63 bits per heavy atom. The van der Waals surface area contributed by atoms with Gasteiger partial charge in [0.25, 0.3) is 0 Å². The first kappa shape index (κ1) is 18.2. The van der Waals surface area contributed by atoms with Crippen LogP contribution in [0.25, 0.3) is 21.1 Å². The fourth-order valence-electron chi connectivity index (χ4n) is 4.71. The third-order valence-corrected chi connectivity index (χ3v) is 7.50. The van der Waals surface area contributed by atoms with E-state index in [9.17, 15) is 0 Å². The number of hydrogen-bond donors (Lipinski definition) is 1. The number of hydrogen-bond acceptors (Lipinski definition) is 6. The number of thiazole rings is 1. The second-order valence-corrected chi connectivity index (χ2v) is 9.17. The lowest BCUT2D eigenvalue weighted by Gasteiger charge is -2.33. The zero-order valence-electron chi connectivity index (χ0n) is 16.9. The highest BCUT2D eigenvalue weighted by Crippen LogP contribution is 2.35. The van der Waals surface area contributed by atoms with E-state index in [2.05, 4.69) is 62.5 Å². The summed E-state index contributed by atoms with van der Waals surface area (Å²) in [7, 11) is 0. The number of aromatic nitrogens is 3. The lowest BCUT2D eigenvalue weighted by atomic mass is 9.91. The Bertz CT molecular complexity index is 1170. The molecule has 2 aromatic heterocycles. The number of para-hydroxylation sites is 1. The van der Waals surface area contributed by atoms with Gasteiger partial charge in [-0.1, -0.05) is 29.5 Å². The quantitative estimate of drug-likeness (QED) is 0.534. The minimum Gasteiger partial charge on any atom is -0.378 e. The zero-order chi connectivity index (χ0) is 19.9. The van der Waals surface area contributed by atoms with Gasteiger partial charge in [-0.15, -0.1) is 0 Å². The molecule has 0 spiro atoms. The van der Waals surface area contributed by atoms with Crippen molar-refractivity contribution in [3.8, 4) is 0 Å². The van der Waals surface area contributed by atoms with Crippen LogP contribution in [0.4, 0.5) is 10.8 Å². The Hall–Kier alpha value is -2.64. The smallest absolute Gasteiger partial charge is 0.186 e.